The third-order valence-electron chi connectivity index (χ3n) is 4.90. The summed E-state index contributed by atoms with van der Waals surface area (Å²) in [6.45, 7) is 0.465. The van der Waals surface area contributed by atoms with Gasteiger partial charge in [-0.05, 0) is 43.0 Å². The molecule has 3 rings (SSSR count). The number of rotatable bonds is 4. The average Bonchev–Trinajstić information content (AvgIpc) is 2.66. The molecule has 1 atom stereocenters. The zero-order chi connectivity index (χ0) is 20.5. The van der Waals surface area contributed by atoms with Gasteiger partial charge in [0.05, 0.1) is 23.1 Å². The van der Waals surface area contributed by atoms with Crippen LogP contribution in [0.4, 0.5) is 19.0 Å². The van der Waals surface area contributed by atoms with Crippen LogP contribution in [0.25, 0.3) is 11.1 Å². The van der Waals surface area contributed by atoms with Crippen molar-refractivity contribution in [3.8, 4) is 11.1 Å². The van der Waals surface area contributed by atoms with Crippen LogP contribution in [0.5, 0.6) is 0 Å². The zero-order valence-electron chi connectivity index (χ0n) is 15.3. The maximum absolute atomic E-state index is 13.2. The molecule has 1 aromatic heterocycles. The molecule has 0 spiro atoms. The average molecular weight is 414 g/mol. The summed E-state index contributed by atoms with van der Waals surface area (Å²) in [5.74, 6) is 0.360. The Hall–Kier alpha value is -2.13. The Morgan fingerprint density at radius 2 is 1.89 bits per heavy atom. The molecule has 1 aliphatic rings. The van der Waals surface area contributed by atoms with E-state index in [-0.39, 0.29) is 23.1 Å². The maximum atomic E-state index is 13.2. The number of pyridine rings is 1. The van der Waals surface area contributed by atoms with Gasteiger partial charge in [-0.1, -0.05) is 12.1 Å². The van der Waals surface area contributed by atoms with E-state index in [9.17, 15) is 26.7 Å². The van der Waals surface area contributed by atoms with E-state index in [1.54, 1.807) is 0 Å². The molecule has 0 saturated carbocycles. The quantitative estimate of drug-likeness (QED) is 0.829. The van der Waals surface area contributed by atoms with Gasteiger partial charge in [0.15, 0.2) is 9.84 Å². The summed E-state index contributed by atoms with van der Waals surface area (Å²) in [5, 5.41) is 9.68. The Balaban J connectivity index is 2.13. The standard InChI is InChI=1S/C19H21F3N2O3S/c1-28(26,27)16-7-5-13(6-8-16)17-10-14(19(20,21)22)11-23-18(17)24-9-3-2-4-15(24)12-25/h5-8,10-11,15,25H,2-4,9,12H2,1H3. The van der Waals surface area contributed by atoms with E-state index in [0.29, 0.717) is 17.9 Å². The summed E-state index contributed by atoms with van der Waals surface area (Å²) in [4.78, 5) is 6.01. The van der Waals surface area contributed by atoms with Crippen LogP contribution < -0.4 is 4.90 Å². The second-order valence-electron chi connectivity index (χ2n) is 6.92. The van der Waals surface area contributed by atoms with Gasteiger partial charge in [-0.3, -0.25) is 0 Å². The lowest BCUT2D eigenvalue weighted by Gasteiger charge is -2.36. The summed E-state index contributed by atoms with van der Waals surface area (Å²) in [5.41, 5.74) is -0.186. The molecule has 0 aliphatic carbocycles. The summed E-state index contributed by atoms with van der Waals surface area (Å²) < 4.78 is 63.1. The van der Waals surface area contributed by atoms with Gasteiger partial charge >= 0.3 is 6.18 Å². The van der Waals surface area contributed by atoms with E-state index in [2.05, 4.69) is 4.98 Å². The molecule has 0 amide bonds. The summed E-state index contributed by atoms with van der Waals surface area (Å²) in [6.07, 6.45) is -0.172. The second-order valence-corrected chi connectivity index (χ2v) is 8.93. The summed E-state index contributed by atoms with van der Waals surface area (Å²) in [6, 6.07) is 6.51. The van der Waals surface area contributed by atoms with Crippen molar-refractivity contribution in [2.45, 2.75) is 36.4 Å². The lowest BCUT2D eigenvalue weighted by atomic mass is 9.99. The van der Waals surface area contributed by atoms with Crippen molar-refractivity contribution in [3.05, 3.63) is 42.1 Å². The highest BCUT2D eigenvalue weighted by atomic mass is 32.2. The number of piperidine rings is 1. The van der Waals surface area contributed by atoms with Gasteiger partial charge in [0.25, 0.3) is 0 Å². The molecule has 28 heavy (non-hydrogen) atoms. The molecular formula is C19H21F3N2O3S. The normalized spacial score (nSPS) is 18.3. The highest BCUT2D eigenvalue weighted by Gasteiger charge is 2.33. The lowest BCUT2D eigenvalue weighted by Crippen LogP contribution is -2.42. The Labute approximate surface area is 161 Å². The van der Waals surface area contributed by atoms with E-state index >= 15 is 0 Å². The van der Waals surface area contributed by atoms with Crippen LogP contribution in [-0.4, -0.2) is 44.0 Å². The highest BCUT2D eigenvalue weighted by Crippen LogP contribution is 2.38. The fraction of sp³-hybridized carbons (Fsp3) is 0.421. The fourth-order valence-electron chi connectivity index (χ4n) is 3.40. The molecule has 0 bridgehead atoms. The minimum atomic E-state index is -4.55. The fourth-order valence-corrected chi connectivity index (χ4v) is 4.04. The van der Waals surface area contributed by atoms with Crippen LogP contribution in [-0.2, 0) is 16.0 Å². The molecule has 0 radical (unpaired) electrons. The Kier molecular flexibility index (Phi) is 5.67. The van der Waals surface area contributed by atoms with E-state index in [0.717, 1.165) is 37.8 Å². The van der Waals surface area contributed by atoms with Crippen molar-refractivity contribution < 1.29 is 26.7 Å². The van der Waals surface area contributed by atoms with Gasteiger partial charge in [0.1, 0.15) is 5.82 Å². The van der Waals surface area contributed by atoms with Crippen LogP contribution in [0, 0.1) is 0 Å². The largest absolute Gasteiger partial charge is 0.417 e. The third kappa shape index (κ3) is 4.30. The predicted octanol–water partition coefficient (Wildman–Crippen LogP) is 3.52. The highest BCUT2D eigenvalue weighted by molar-refractivity contribution is 7.90. The first-order chi connectivity index (χ1) is 13.1. The van der Waals surface area contributed by atoms with E-state index in [1.807, 2.05) is 4.90 Å². The van der Waals surface area contributed by atoms with Crippen LogP contribution in [0.1, 0.15) is 24.8 Å². The number of halogens is 3. The maximum Gasteiger partial charge on any atom is 0.417 e. The molecule has 1 aliphatic heterocycles. The number of hydrogen-bond donors (Lipinski definition) is 1. The topological polar surface area (TPSA) is 70.5 Å². The van der Waals surface area contributed by atoms with Crippen LogP contribution in [0.3, 0.4) is 0 Å². The van der Waals surface area contributed by atoms with Crippen LogP contribution in [0.15, 0.2) is 41.4 Å². The second kappa shape index (κ2) is 7.71. The van der Waals surface area contributed by atoms with E-state index in [1.165, 1.54) is 24.3 Å². The number of aliphatic hydroxyl groups is 1. The molecule has 1 N–H and O–H groups in total. The molecule has 1 saturated heterocycles. The first-order valence-electron chi connectivity index (χ1n) is 8.86. The smallest absolute Gasteiger partial charge is 0.394 e. The number of sulfone groups is 1. The number of alkyl halides is 3. The lowest BCUT2D eigenvalue weighted by molar-refractivity contribution is -0.137. The molecule has 2 heterocycles. The van der Waals surface area contributed by atoms with Gasteiger partial charge in [-0.2, -0.15) is 13.2 Å². The first-order valence-corrected chi connectivity index (χ1v) is 10.8. The minimum Gasteiger partial charge on any atom is -0.394 e. The monoisotopic (exact) mass is 414 g/mol. The zero-order valence-corrected chi connectivity index (χ0v) is 16.1. The Morgan fingerprint density at radius 1 is 1.21 bits per heavy atom. The minimum absolute atomic E-state index is 0.0870. The molecule has 152 valence electrons. The molecule has 9 heteroatoms. The van der Waals surface area contributed by atoms with Crippen LogP contribution in [0.2, 0.25) is 0 Å². The molecule has 1 unspecified atom stereocenters. The molecule has 1 fully saturated rings. The number of hydrogen-bond acceptors (Lipinski definition) is 5. The van der Waals surface area contributed by atoms with Gasteiger partial charge in [0, 0.05) is 24.6 Å². The van der Waals surface area contributed by atoms with Crippen molar-refractivity contribution in [1.82, 2.24) is 4.98 Å². The molecule has 2 aromatic rings. The number of nitrogens with zero attached hydrogens (tertiary/aromatic N) is 2. The number of aliphatic hydroxyl groups excluding tert-OH is 1. The molecule has 1 aromatic carbocycles. The van der Waals surface area contributed by atoms with Crippen molar-refractivity contribution in [2.75, 3.05) is 24.3 Å². The van der Waals surface area contributed by atoms with E-state index < -0.39 is 21.6 Å². The van der Waals surface area contributed by atoms with Crippen molar-refractivity contribution in [3.63, 3.8) is 0 Å². The number of anilines is 1. The van der Waals surface area contributed by atoms with Crippen molar-refractivity contribution in [1.29, 1.82) is 0 Å². The van der Waals surface area contributed by atoms with Gasteiger partial charge < -0.3 is 10.0 Å². The van der Waals surface area contributed by atoms with Gasteiger partial charge in [-0.15, -0.1) is 0 Å². The number of aromatic nitrogens is 1. The van der Waals surface area contributed by atoms with Crippen molar-refractivity contribution >= 4 is 15.7 Å². The number of benzene rings is 1. The predicted molar refractivity (Wildman–Crippen MR) is 99.9 cm³/mol. The van der Waals surface area contributed by atoms with Gasteiger partial charge in [-0.25, -0.2) is 13.4 Å². The molecule has 5 nitrogen and oxygen atoms in total. The summed E-state index contributed by atoms with van der Waals surface area (Å²) >= 11 is 0. The summed E-state index contributed by atoms with van der Waals surface area (Å²) in [7, 11) is -3.42. The molecular weight excluding hydrogens is 393 g/mol. The van der Waals surface area contributed by atoms with Crippen molar-refractivity contribution in [2.24, 2.45) is 0 Å². The van der Waals surface area contributed by atoms with Gasteiger partial charge in [0.2, 0.25) is 0 Å². The first kappa shape index (κ1) is 20.6. The SMILES string of the molecule is CS(=O)(=O)c1ccc(-c2cc(C(F)(F)F)cnc2N2CCCCC2CO)cc1. The Bertz CT molecular complexity index is 944. The van der Waals surface area contributed by atoms with Crippen LogP contribution >= 0.6 is 0 Å². The third-order valence-corrected chi connectivity index (χ3v) is 6.03. The van der Waals surface area contributed by atoms with E-state index in [4.69, 9.17) is 0 Å². The Morgan fingerprint density at radius 3 is 2.46 bits per heavy atom.